The van der Waals surface area contributed by atoms with Crippen LogP contribution in [0, 0.1) is 5.82 Å². The maximum atomic E-state index is 13.1. The number of hydrogen-bond donors (Lipinski definition) is 1. The Bertz CT molecular complexity index is 716. The zero-order valence-electron chi connectivity index (χ0n) is 13.5. The molecule has 24 heavy (non-hydrogen) atoms. The number of anilines is 1. The van der Waals surface area contributed by atoms with Crippen molar-refractivity contribution in [3.8, 4) is 0 Å². The Hall–Kier alpha value is -1.91. The van der Waals surface area contributed by atoms with Gasteiger partial charge in [0.2, 0.25) is 5.91 Å². The highest BCUT2D eigenvalue weighted by atomic mass is 35.5. The van der Waals surface area contributed by atoms with Crippen LogP contribution in [0.3, 0.4) is 0 Å². The lowest BCUT2D eigenvalue weighted by Gasteiger charge is -2.28. The van der Waals surface area contributed by atoms with E-state index >= 15 is 0 Å². The van der Waals surface area contributed by atoms with Gasteiger partial charge in [-0.05, 0) is 55.7 Å². The molecule has 5 heteroatoms. The number of nitrogens with one attached hydrogen (secondary N) is 1. The van der Waals surface area contributed by atoms with E-state index in [-0.39, 0.29) is 17.8 Å². The molecule has 1 N–H and O–H groups in total. The van der Waals surface area contributed by atoms with Crippen LogP contribution >= 0.6 is 11.6 Å². The molecule has 0 aromatic heterocycles. The summed E-state index contributed by atoms with van der Waals surface area (Å²) in [5.74, 6) is -0.310. The maximum absolute atomic E-state index is 13.1. The molecule has 1 saturated carbocycles. The van der Waals surface area contributed by atoms with Gasteiger partial charge in [-0.3, -0.25) is 9.69 Å². The number of hydrogen-bond acceptors (Lipinski definition) is 2. The Labute approximate surface area is 146 Å². The number of benzene rings is 2. The Morgan fingerprint density at radius 2 is 2.00 bits per heavy atom. The average molecular weight is 347 g/mol. The molecule has 0 spiro atoms. The van der Waals surface area contributed by atoms with Gasteiger partial charge in [0.1, 0.15) is 5.82 Å². The van der Waals surface area contributed by atoms with Crippen molar-refractivity contribution in [1.82, 2.24) is 4.90 Å². The van der Waals surface area contributed by atoms with Crippen LogP contribution < -0.4 is 5.32 Å². The highest BCUT2D eigenvalue weighted by Gasteiger charge is 2.35. The number of carbonyl (C=O) groups excluding carboxylic acids is 1. The van der Waals surface area contributed by atoms with Gasteiger partial charge in [0.25, 0.3) is 0 Å². The minimum absolute atomic E-state index is 0.0636. The molecule has 2 aromatic carbocycles. The predicted octanol–water partition coefficient (Wildman–Crippen LogP) is 4.47. The van der Waals surface area contributed by atoms with E-state index in [9.17, 15) is 9.18 Å². The highest BCUT2D eigenvalue weighted by molar-refractivity contribution is 6.30. The van der Waals surface area contributed by atoms with Crippen molar-refractivity contribution < 1.29 is 9.18 Å². The number of nitrogens with zero attached hydrogens (tertiary/aromatic N) is 1. The summed E-state index contributed by atoms with van der Waals surface area (Å²) < 4.78 is 13.1. The second-order valence-electron chi connectivity index (χ2n) is 6.21. The molecule has 1 aliphatic rings. The monoisotopic (exact) mass is 346 g/mol. The van der Waals surface area contributed by atoms with E-state index in [1.54, 1.807) is 30.3 Å². The third-order valence-electron chi connectivity index (χ3n) is 4.26. The highest BCUT2D eigenvalue weighted by Crippen LogP contribution is 2.30. The molecule has 3 rings (SSSR count). The Balaban J connectivity index is 1.68. The number of rotatable bonds is 6. The van der Waals surface area contributed by atoms with Gasteiger partial charge in [-0.15, -0.1) is 0 Å². The smallest absolute Gasteiger partial charge is 0.241 e. The minimum Gasteiger partial charge on any atom is -0.325 e. The van der Waals surface area contributed by atoms with Gasteiger partial charge in [0, 0.05) is 23.3 Å². The second kappa shape index (κ2) is 7.32. The summed E-state index contributed by atoms with van der Waals surface area (Å²) in [7, 11) is 0. The van der Waals surface area contributed by atoms with Crippen molar-refractivity contribution >= 4 is 23.2 Å². The quantitative estimate of drug-likeness (QED) is 0.837. The Morgan fingerprint density at radius 1 is 1.29 bits per heavy atom. The first-order valence-electron chi connectivity index (χ1n) is 8.09. The largest absolute Gasteiger partial charge is 0.325 e. The summed E-state index contributed by atoms with van der Waals surface area (Å²) in [6, 6.07) is 13.7. The van der Waals surface area contributed by atoms with E-state index in [1.807, 2.05) is 13.0 Å². The molecule has 2 aromatic rings. The van der Waals surface area contributed by atoms with Crippen LogP contribution in [0.15, 0.2) is 48.5 Å². The second-order valence-corrected chi connectivity index (χ2v) is 6.64. The standard InChI is InChI=1S/C19H20ClFN2O/c1-13(19(24)22-17-4-2-3-15(20)11-17)23(18-9-10-18)12-14-5-7-16(21)8-6-14/h2-8,11,13,18H,9-10,12H2,1H3,(H,22,24)/t13-/m1/s1. The maximum Gasteiger partial charge on any atom is 0.241 e. The van der Waals surface area contributed by atoms with Gasteiger partial charge >= 0.3 is 0 Å². The molecule has 0 saturated heterocycles. The topological polar surface area (TPSA) is 32.3 Å². The van der Waals surface area contributed by atoms with Gasteiger partial charge in [-0.2, -0.15) is 0 Å². The number of halogens is 2. The minimum atomic E-state index is -0.276. The molecule has 0 bridgehead atoms. The first-order chi connectivity index (χ1) is 11.5. The molecule has 3 nitrogen and oxygen atoms in total. The van der Waals surface area contributed by atoms with Crippen molar-refractivity contribution in [2.24, 2.45) is 0 Å². The molecular weight excluding hydrogens is 327 g/mol. The van der Waals surface area contributed by atoms with Crippen molar-refractivity contribution in [3.05, 3.63) is 64.9 Å². The zero-order chi connectivity index (χ0) is 17.1. The van der Waals surface area contributed by atoms with E-state index < -0.39 is 0 Å². The molecule has 126 valence electrons. The molecule has 0 unspecified atom stereocenters. The lowest BCUT2D eigenvalue weighted by atomic mass is 10.1. The summed E-state index contributed by atoms with van der Waals surface area (Å²) >= 11 is 5.96. The van der Waals surface area contributed by atoms with Gasteiger partial charge in [-0.25, -0.2) is 4.39 Å². The van der Waals surface area contributed by atoms with Gasteiger partial charge < -0.3 is 5.32 Å². The van der Waals surface area contributed by atoms with E-state index in [2.05, 4.69) is 10.2 Å². The Morgan fingerprint density at radius 3 is 2.62 bits per heavy atom. The predicted molar refractivity (Wildman–Crippen MR) is 94.5 cm³/mol. The van der Waals surface area contributed by atoms with Crippen molar-refractivity contribution in [3.63, 3.8) is 0 Å². The molecule has 1 atom stereocenters. The first kappa shape index (κ1) is 16.9. The molecule has 0 heterocycles. The van der Waals surface area contributed by atoms with E-state index in [0.29, 0.717) is 23.3 Å². The van der Waals surface area contributed by atoms with Crippen LogP contribution in [0.5, 0.6) is 0 Å². The SMILES string of the molecule is C[C@H](C(=O)Nc1cccc(Cl)c1)N(Cc1ccc(F)cc1)C1CC1. The van der Waals surface area contributed by atoms with E-state index in [0.717, 1.165) is 18.4 Å². The summed E-state index contributed by atoms with van der Waals surface area (Å²) in [6.45, 7) is 2.54. The zero-order valence-corrected chi connectivity index (χ0v) is 14.3. The first-order valence-corrected chi connectivity index (χ1v) is 8.47. The van der Waals surface area contributed by atoms with Crippen molar-refractivity contribution in [1.29, 1.82) is 0 Å². The molecule has 1 fully saturated rings. The molecule has 1 aliphatic carbocycles. The fourth-order valence-corrected chi connectivity index (χ4v) is 2.94. The van der Waals surface area contributed by atoms with Crippen LogP contribution in [-0.4, -0.2) is 22.9 Å². The molecular formula is C19H20ClFN2O. The van der Waals surface area contributed by atoms with Crippen LogP contribution in [0.25, 0.3) is 0 Å². The molecule has 1 amide bonds. The summed E-state index contributed by atoms with van der Waals surface area (Å²) in [5.41, 5.74) is 1.70. The van der Waals surface area contributed by atoms with Gasteiger partial charge in [0.15, 0.2) is 0 Å². The normalized spacial score (nSPS) is 15.3. The van der Waals surface area contributed by atoms with Crippen molar-refractivity contribution in [2.45, 2.75) is 38.4 Å². The molecule has 0 radical (unpaired) electrons. The Kier molecular flexibility index (Phi) is 5.17. The fraction of sp³-hybridized carbons (Fsp3) is 0.316. The van der Waals surface area contributed by atoms with Crippen molar-refractivity contribution in [2.75, 3.05) is 5.32 Å². The number of amides is 1. The lowest BCUT2D eigenvalue weighted by molar-refractivity contribution is -0.121. The summed E-state index contributed by atoms with van der Waals surface area (Å²) in [4.78, 5) is 14.8. The van der Waals surface area contributed by atoms with Crippen LogP contribution in [0.4, 0.5) is 10.1 Å². The summed E-state index contributed by atoms with van der Waals surface area (Å²) in [6.07, 6.45) is 2.19. The molecule has 0 aliphatic heterocycles. The lowest BCUT2D eigenvalue weighted by Crippen LogP contribution is -2.43. The third kappa shape index (κ3) is 4.34. The van der Waals surface area contributed by atoms with E-state index in [1.165, 1.54) is 12.1 Å². The number of carbonyl (C=O) groups is 1. The van der Waals surface area contributed by atoms with E-state index in [4.69, 9.17) is 11.6 Å². The summed E-state index contributed by atoms with van der Waals surface area (Å²) in [5, 5.41) is 3.50. The van der Waals surface area contributed by atoms with Crippen LogP contribution in [0.2, 0.25) is 5.02 Å². The van der Waals surface area contributed by atoms with Crippen LogP contribution in [0.1, 0.15) is 25.3 Å². The van der Waals surface area contributed by atoms with Gasteiger partial charge in [0.05, 0.1) is 6.04 Å². The average Bonchev–Trinajstić information content (AvgIpc) is 3.38. The van der Waals surface area contributed by atoms with Crippen LogP contribution in [-0.2, 0) is 11.3 Å². The fourth-order valence-electron chi connectivity index (χ4n) is 2.75. The van der Waals surface area contributed by atoms with Gasteiger partial charge in [-0.1, -0.05) is 29.8 Å². The third-order valence-corrected chi connectivity index (χ3v) is 4.50.